The largest absolute Gasteiger partial charge is 0.486 e. The third kappa shape index (κ3) is 2.74. The maximum atomic E-state index is 6.45. The molecular formula is C16H18ClNO3. The van der Waals surface area contributed by atoms with Gasteiger partial charge in [0, 0.05) is 16.7 Å². The fraction of sp³-hybridized carbons (Fsp3) is 0.375. The number of hydrogen-bond donors (Lipinski definition) is 1. The van der Waals surface area contributed by atoms with Crippen LogP contribution in [-0.4, -0.2) is 19.8 Å². The number of rotatable bonds is 4. The lowest BCUT2D eigenvalue weighted by Crippen LogP contribution is -2.23. The van der Waals surface area contributed by atoms with Crippen molar-refractivity contribution < 1.29 is 13.9 Å². The van der Waals surface area contributed by atoms with Gasteiger partial charge in [0.1, 0.15) is 19.0 Å². The molecule has 0 saturated heterocycles. The molecule has 1 aromatic carbocycles. The van der Waals surface area contributed by atoms with Gasteiger partial charge in [-0.15, -0.1) is 0 Å². The monoisotopic (exact) mass is 307 g/mol. The van der Waals surface area contributed by atoms with Crippen LogP contribution in [0.1, 0.15) is 29.9 Å². The number of ether oxygens (including phenoxy) is 2. The van der Waals surface area contributed by atoms with Crippen LogP contribution >= 0.6 is 11.6 Å². The van der Waals surface area contributed by atoms with E-state index in [1.807, 2.05) is 25.1 Å². The van der Waals surface area contributed by atoms with Crippen LogP contribution in [0.2, 0.25) is 5.02 Å². The van der Waals surface area contributed by atoms with E-state index in [2.05, 4.69) is 12.2 Å². The Hall–Kier alpha value is -1.65. The van der Waals surface area contributed by atoms with Crippen LogP contribution in [0.15, 0.2) is 28.9 Å². The van der Waals surface area contributed by atoms with Gasteiger partial charge in [-0.25, -0.2) is 0 Å². The topological polar surface area (TPSA) is 43.6 Å². The summed E-state index contributed by atoms with van der Waals surface area (Å²) in [6.07, 6.45) is 1.70. The van der Waals surface area contributed by atoms with Crippen LogP contribution in [0.4, 0.5) is 0 Å². The Morgan fingerprint density at radius 2 is 1.90 bits per heavy atom. The number of aryl methyl sites for hydroxylation is 1. The van der Waals surface area contributed by atoms with Gasteiger partial charge in [-0.1, -0.05) is 18.5 Å². The summed E-state index contributed by atoms with van der Waals surface area (Å²) < 4.78 is 16.7. The van der Waals surface area contributed by atoms with E-state index in [1.165, 1.54) is 0 Å². The van der Waals surface area contributed by atoms with Crippen LogP contribution in [0.5, 0.6) is 11.5 Å². The summed E-state index contributed by atoms with van der Waals surface area (Å²) in [7, 11) is 0. The number of fused-ring (bicyclic) bond motifs is 1. The SMILES string of the molecule is CCNC(c1cc2c(cc1Cl)OCCO2)c1ccoc1C. The van der Waals surface area contributed by atoms with Crippen LogP contribution in [0, 0.1) is 6.92 Å². The molecule has 0 saturated carbocycles. The molecule has 2 aromatic rings. The predicted octanol–water partition coefficient (Wildman–Crippen LogP) is 3.71. The molecule has 0 amide bonds. The highest BCUT2D eigenvalue weighted by molar-refractivity contribution is 6.31. The molecule has 0 aliphatic carbocycles. The van der Waals surface area contributed by atoms with E-state index in [9.17, 15) is 0 Å². The Balaban J connectivity index is 2.05. The van der Waals surface area contributed by atoms with Gasteiger partial charge in [-0.2, -0.15) is 0 Å². The molecule has 1 aliphatic rings. The third-order valence-corrected chi connectivity index (χ3v) is 3.92. The zero-order chi connectivity index (χ0) is 14.8. The Kier molecular flexibility index (Phi) is 4.08. The van der Waals surface area contributed by atoms with Gasteiger partial charge in [-0.05, 0) is 31.2 Å². The Bertz CT molecular complexity index is 638. The van der Waals surface area contributed by atoms with Crippen molar-refractivity contribution in [2.24, 2.45) is 0 Å². The highest BCUT2D eigenvalue weighted by atomic mass is 35.5. The van der Waals surface area contributed by atoms with E-state index < -0.39 is 0 Å². The third-order valence-electron chi connectivity index (χ3n) is 3.59. The molecule has 112 valence electrons. The molecular weight excluding hydrogens is 290 g/mol. The van der Waals surface area contributed by atoms with E-state index in [0.29, 0.717) is 24.0 Å². The van der Waals surface area contributed by atoms with Crippen molar-refractivity contribution in [3.05, 3.63) is 46.4 Å². The van der Waals surface area contributed by atoms with Crippen LogP contribution in [0.25, 0.3) is 0 Å². The van der Waals surface area contributed by atoms with Gasteiger partial charge in [0.25, 0.3) is 0 Å². The summed E-state index contributed by atoms with van der Waals surface area (Å²) in [5, 5.41) is 4.11. The predicted molar refractivity (Wildman–Crippen MR) is 81.4 cm³/mol. The molecule has 1 aliphatic heterocycles. The van der Waals surface area contributed by atoms with E-state index >= 15 is 0 Å². The Labute approximate surface area is 129 Å². The Morgan fingerprint density at radius 3 is 2.52 bits per heavy atom. The molecule has 5 heteroatoms. The first-order chi connectivity index (χ1) is 10.2. The molecule has 1 unspecified atom stereocenters. The van der Waals surface area contributed by atoms with Crippen molar-refractivity contribution >= 4 is 11.6 Å². The normalized spacial score (nSPS) is 15.0. The quantitative estimate of drug-likeness (QED) is 0.935. The fourth-order valence-corrected chi connectivity index (χ4v) is 2.85. The number of nitrogens with one attached hydrogen (secondary N) is 1. The fourth-order valence-electron chi connectivity index (χ4n) is 2.59. The maximum Gasteiger partial charge on any atom is 0.162 e. The first-order valence-electron chi connectivity index (χ1n) is 7.07. The van der Waals surface area contributed by atoms with Crippen LogP contribution in [0.3, 0.4) is 0 Å². The number of furan rings is 1. The second kappa shape index (κ2) is 6.00. The molecule has 0 radical (unpaired) electrons. The highest BCUT2D eigenvalue weighted by Gasteiger charge is 2.23. The highest BCUT2D eigenvalue weighted by Crippen LogP contribution is 2.39. The van der Waals surface area contributed by atoms with Gasteiger partial charge in [-0.3, -0.25) is 0 Å². The zero-order valence-corrected chi connectivity index (χ0v) is 12.9. The second-order valence-electron chi connectivity index (χ2n) is 4.94. The van der Waals surface area contributed by atoms with E-state index in [1.54, 1.807) is 6.26 Å². The lowest BCUT2D eigenvalue weighted by atomic mass is 9.98. The summed E-state index contributed by atoms with van der Waals surface area (Å²) in [5.41, 5.74) is 2.04. The molecule has 4 nitrogen and oxygen atoms in total. The molecule has 21 heavy (non-hydrogen) atoms. The summed E-state index contributed by atoms with van der Waals surface area (Å²) >= 11 is 6.45. The molecule has 1 aromatic heterocycles. The molecule has 0 bridgehead atoms. The minimum absolute atomic E-state index is 0.0305. The van der Waals surface area contributed by atoms with E-state index in [4.69, 9.17) is 25.5 Å². The average Bonchev–Trinajstić information content (AvgIpc) is 2.90. The van der Waals surface area contributed by atoms with Crippen molar-refractivity contribution in [1.29, 1.82) is 0 Å². The lowest BCUT2D eigenvalue weighted by molar-refractivity contribution is 0.171. The first-order valence-corrected chi connectivity index (χ1v) is 7.45. The Morgan fingerprint density at radius 1 is 1.19 bits per heavy atom. The average molecular weight is 308 g/mol. The summed E-state index contributed by atoms with van der Waals surface area (Å²) in [6, 6.07) is 5.72. The second-order valence-corrected chi connectivity index (χ2v) is 5.35. The molecule has 1 atom stereocenters. The number of benzene rings is 1. The minimum atomic E-state index is -0.0305. The molecule has 2 heterocycles. The smallest absolute Gasteiger partial charge is 0.162 e. The van der Waals surface area contributed by atoms with Crippen molar-refractivity contribution in [1.82, 2.24) is 5.32 Å². The zero-order valence-electron chi connectivity index (χ0n) is 12.1. The molecule has 1 N–H and O–H groups in total. The van der Waals surface area contributed by atoms with E-state index in [-0.39, 0.29) is 6.04 Å². The van der Waals surface area contributed by atoms with Gasteiger partial charge in [0.2, 0.25) is 0 Å². The minimum Gasteiger partial charge on any atom is -0.486 e. The van der Waals surface area contributed by atoms with Gasteiger partial charge < -0.3 is 19.2 Å². The van der Waals surface area contributed by atoms with Crippen molar-refractivity contribution in [3.63, 3.8) is 0 Å². The van der Waals surface area contributed by atoms with Gasteiger partial charge >= 0.3 is 0 Å². The van der Waals surface area contributed by atoms with Crippen molar-refractivity contribution in [3.8, 4) is 11.5 Å². The number of halogens is 1. The van der Waals surface area contributed by atoms with Gasteiger partial charge in [0.05, 0.1) is 12.3 Å². The molecule has 0 fully saturated rings. The number of hydrogen-bond acceptors (Lipinski definition) is 4. The van der Waals surface area contributed by atoms with Crippen LogP contribution < -0.4 is 14.8 Å². The van der Waals surface area contributed by atoms with E-state index in [0.717, 1.165) is 29.2 Å². The van der Waals surface area contributed by atoms with Gasteiger partial charge in [0.15, 0.2) is 11.5 Å². The standard InChI is InChI=1S/C16H18ClNO3/c1-3-18-16(11-4-5-19-10(11)2)12-8-14-15(9-13(12)17)21-7-6-20-14/h4-5,8-9,16,18H,3,6-7H2,1-2H3. The van der Waals surface area contributed by atoms with Crippen molar-refractivity contribution in [2.45, 2.75) is 19.9 Å². The molecule has 3 rings (SSSR count). The van der Waals surface area contributed by atoms with Crippen molar-refractivity contribution in [2.75, 3.05) is 19.8 Å². The van der Waals surface area contributed by atoms with Crippen LogP contribution in [-0.2, 0) is 0 Å². The first kappa shape index (κ1) is 14.3. The lowest BCUT2D eigenvalue weighted by Gasteiger charge is -2.24. The molecule has 0 spiro atoms. The summed E-state index contributed by atoms with van der Waals surface area (Å²) in [5.74, 6) is 2.32. The summed E-state index contributed by atoms with van der Waals surface area (Å²) in [4.78, 5) is 0. The summed E-state index contributed by atoms with van der Waals surface area (Å²) in [6.45, 7) is 5.95. The maximum absolute atomic E-state index is 6.45.